The molecule has 0 bridgehead atoms. The number of hydrogen-bond donors (Lipinski definition) is 3. The van der Waals surface area contributed by atoms with Crippen molar-refractivity contribution in [2.75, 3.05) is 13.2 Å². The number of halogens is 5. The van der Waals surface area contributed by atoms with Gasteiger partial charge in [-0.3, -0.25) is 19.2 Å². The van der Waals surface area contributed by atoms with Gasteiger partial charge in [-0.05, 0) is 31.0 Å². The third kappa shape index (κ3) is 6.77. The number of benzene rings is 1. The predicted molar refractivity (Wildman–Crippen MR) is 117 cm³/mol. The van der Waals surface area contributed by atoms with Crippen molar-refractivity contribution in [2.24, 2.45) is 7.05 Å². The average Bonchev–Trinajstić information content (AvgIpc) is 3.19. The molecule has 1 aromatic heterocycles. The van der Waals surface area contributed by atoms with Crippen LogP contribution < -0.4 is 15.4 Å². The number of carbonyl (C=O) groups excluding carboxylic acids is 2. The smallest absolute Gasteiger partial charge is 0.433 e. The van der Waals surface area contributed by atoms with Gasteiger partial charge in [0.15, 0.2) is 6.61 Å². The Morgan fingerprint density at radius 2 is 1.97 bits per heavy atom. The van der Waals surface area contributed by atoms with E-state index in [0.29, 0.717) is 4.68 Å². The number of hydrogen-bond acceptors (Lipinski definition) is 5. The molecule has 36 heavy (non-hydrogen) atoms. The van der Waals surface area contributed by atoms with E-state index >= 15 is 0 Å². The second kappa shape index (κ2) is 11.0. The van der Waals surface area contributed by atoms with Crippen molar-refractivity contribution in [3.05, 3.63) is 46.5 Å². The highest BCUT2D eigenvalue weighted by atomic mass is 35.5. The van der Waals surface area contributed by atoms with Crippen LogP contribution >= 0.6 is 11.6 Å². The summed E-state index contributed by atoms with van der Waals surface area (Å²) in [6.45, 7) is -0.982. The summed E-state index contributed by atoms with van der Waals surface area (Å²) >= 11 is 5.58. The summed E-state index contributed by atoms with van der Waals surface area (Å²) in [5.41, 5.74) is -1.03. The average molecular weight is 536 g/mol. The standard InChI is InChI=1S/C21H22ClF4N5O5/c1-30-17(21(24,25)26)6-12(29-30)8-27-19(33)16-5-2-11(9-31(16)20(34)35)28-18(32)10-36-13-3-4-14(22)15(23)7-13/h3-4,6-7,11,16H,2,5,8-10H2,1H3,(H,27,33)(H,28,32)(H,34,35)/t11-,16+/m0/s1. The van der Waals surface area contributed by atoms with Crippen LogP contribution in [0.5, 0.6) is 5.75 Å². The summed E-state index contributed by atoms with van der Waals surface area (Å²) in [4.78, 5) is 37.4. The van der Waals surface area contributed by atoms with E-state index in [4.69, 9.17) is 16.3 Å². The van der Waals surface area contributed by atoms with Crippen molar-refractivity contribution < 1.29 is 41.8 Å². The molecule has 0 aliphatic carbocycles. The molecule has 3 N–H and O–H groups in total. The largest absolute Gasteiger partial charge is 0.484 e. The lowest BCUT2D eigenvalue weighted by atomic mass is 9.98. The number of carboxylic acid groups (broad SMARTS) is 1. The molecule has 2 atom stereocenters. The Morgan fingerprint density at radius 3 is 2.58 bits per heavy atom. The van der Waals surface area contributed by atoms with Crippen LogP contribution in [-0.4, -0.2) is 62.9 Å². The monoisotopic (exact) mass is 535 g/mol. The molecule has 10 nitrogen and oxygen atoms in total. The first kappa shape index (κ1) is 27.0. The molecule has 0 radical (unpaired) electrons. The van der Waals surface area contributed by atoms with Gasteiger partial charge in [0.2, 0.25) is 5.91 Å². The molecule has 0 saturated carbocycles. The molecule has 1 aliphatic rings. The van der Waals surface area contributed by atoms with Crippen LogP contribution in [0.25, 0.3) is 0 Å². The van der Waals surface area contributed by atoms with Gasteiger partial charge in [-0.25, -0.2) is 9.18 Å². The van der Waals surface area contributed by atoms with Crippen LogP contribution in [0.3, 0.4) is 0 Å². The third-order valence-corrected chi connectivity index (χ3v) is 5.73. The zero-order valence-electron chi connectivity index (χ0n) is 18.8. The SMILES string of the molecule is Cn1nc(CNC(=O)[C@H]2CC[C@H](NC(=O)COc3ccc(Cl)c(F)c3)CN2C(=O)O)cc1C(F)(F)F. The molecular weight excluding hydrogens is 514 g/mol. The van der Waals surface area contributed by atoms with E-state index in [-0.39, 0.29) is 42.4 Å². The zero-order valence-corrected chi connectivity index (χ0v) is 19.6. The van der Waals surface area contributed by atoms with Crippen LogP contribution in [0.15, 0.2) is 24.3 Å². The Morgan fingerprint density at radius 1 is 1.25 bits per heavy atom. The lowest BCUT2D eigenvalue weighted by Gasteiger charge is -2.37. The molecule has 0 unspecified atom stereocenters. The van der Waals surface area contributed by atoms with Crippen molar-refractivity contribution in [3.63, 3.8) is 0 Å². The van der Waals surface area contributed by atoms with Gasteiger partial charge in [0.05, 0.1) is 17.3 Å². The van der Waals surface area contributed by atoms with Crippen LogP contribution in [0.4, 0.5) is 22.4 Å². The summed E-state index contributed by atoms with van der Waals surface area (Å²) in [6, 6.07) is 2.74. The molecule has 3 rings (SSSR count). The molecule has 2 aromatic rings. The number of aryl methyl sites for hydroxylation is 1. The molecule has 1 aliphatic heterocycles. The maximum absolute atomic E-state index is 13.5. The Kier molecular flexibility index (Phi) is 8.28. The minimum Gasteiger partial charge on any atom is -0.484 e. The second-order valence-electron chi connectivity index (χ2n) is 8.02. The fourth-order valence-electron chi connectivity index (χ4n) is 3.73. The summed E-state index contributed by atoms with van der Waals surface area (Å²) in [5, 5.41) is 18.2. The fourth-order valence-corrected chi connectivity index (χ4v) is 3.85. The summed E-state index contributed by atoms with van der Waals surface area (Å²) in [5.74, 6) is -1.92. The highest BCUT2D eigenvalue weighted by molar-refractivity contribution is 6.30. The van der Waals surface area contributed by atoms with Gasteiger partial charge in [0, 0.05) is 25.7 Å². The number of carbonyl (C=O) groups is 3. The molecule has 3 amide bonds. The maximum atomic E-state index is 13.5. The number of likely N-dealkylation sites (tertiary alicyclic amines) is 1. The van der Waals surface area contributed by atoms with E-state index in [1.54, 1.807) is 0 Å². The van der Waals surface area contributed by atoms with Crippen molar-refractivity contribution in [1.82, 2.24) is 25.3 Å². The second-order valence-corrected chi connectivity index (χ2v) is 8.42. The molecule has 1 aromatic carbocycles. The van der Waals surface area contributed by atoms with Gasteiger partial charge < -0.3 is 20.5 Å². The number of nitrogens with zero attached hydrogens (tertiary/aromatic N) is 3. The lowest BCUT2D eigenvalue weighted by Crippen LogP contribution is -2.58. The van der Waals surface area contributed by atoms with E-state index in [1.807, 2.05) is 0 Å². The Balaban J connectivity index is 1.52. The van der Waals surface area contributed by atoms with E-state index in [0.717, 1.165) is 24.1 Å². The predicted octanol–water partition coefficient (Wildman–Crippen LogP) is 2.55. The van der Waals surface area contributed by atoms with Crippen molar-refractivity contribution in [1.29, 1.82) is 0 Å². The van der Waals surface area contributed by atoms with Gasteiger partial charge in [-0.1, -0.05) is 11.6 Å². The number of amides is 3. The highest BCUT2D eigenvalue weighted by Gasteiger charge is 2.37. The Labute approximate surface area is 207 Å². The topological polar surface area (TPSA) is 126 Å². The molecule has 15 heteroatoms. The normalized spacial score (nSPS) is 18.0. The van der Waals surface area contributed by atoms with E-state index in [2.05, 4.69) is 15.7 Å². The maximum Gasteiger partial charge on any atom is 0.433 e. The van der Waals surface area contributed by atoms with E-state index in [9.17, 15) is 37.1 Å². The zero-order chi connectivity index (χ0) is 26.6. The summed E-state index contributed by atoms with van der Waals surface area (Å²) < 4.78 is 58.0. The van der Waals surface area contributed by atoms with Crippen molar-refractivity contribution in [3.8, 4) is 5.75 Å². The van der Waals surface area contributed by atoms with Crippen molar-refractivity contribution >= 4 is 29.5 Å². The van der Waals surface area contributed by atoms with Crippen LogP contribution in [0.1, 0.15) is 24.2 Å². The number of aromatic nitrogens is 2. The number of rotatable bonds is 7. The van der Waals surface area contributed by atoms with Gasteiger partial charge in [0.1, 0.15) is 23.3 Å². The van der Waals surface area contributed by atoms with E-state index < -0.39 is 54.3 Å². The molecule has 1 saturated heterocycles. The molecule has 2 heterocycles. The number of nitrogens with one attached hydrogen (secondary N) is 2. The Bertz CT molecular complexity index is 1140. The fraction of sp³-hybridized carbons (Fsp3) is 0.429. The quantitative estimate of drug-likeness (QED) is 0.468. The number of ether oxygens (including phenoxy) is 1. The van der Waals surface area contributed by atoms with Crippen LogP contribution in [-0.2, 0) is 29.4 Å². The number of piperidine rings is 1. The number of alkyl halides is 3. The van der Waals surface area contributed by atoms with E-state index in [1.165, 1.54) is 12.1 Å². The van der Waals surface area contributed by atoms with Gasteiger partial charge in [-0.15, -0.1) is 0 Å². The molecule has 0 spiro atoms. The molecule has 196 valence electrons. The first-order valence-electron chi connectivity index (χ1n) is 10.6. The Hall–Kier alpha value is -3.55. The van der Waals surface area contributed by atoms with Crippen LogP contribution in [0.2, 0.25) is 5.02 Å². The summed E-state index contributed by atoms with van der Waals surface area (Å²) in [7, 11) is 1.12. The highest BCUT2D eigenvalue weighted by Crippen LogP contribution is 2.29. The first-order chi connectivity index (χ1) is 16.8. The lowest BCUT2D eigenvalue weighted by molar-refractivity contribution is -0.143. The summed E-state index contributed by atoms with van der Waals surface area (Å²) in [6.07, 6.45) is -5.70. The van der Waals surface area contributed by atoms with Gasteiger partial charge in [0.25, 0.3) is 5.91 Å². The minimum atomic E-state index is -4.61. The van der Waals surface area contributed by atoms with Gasteiger partial charge >= 0.3 is 12.3 Å². The minimum absolute atomic E-state index is 0.0402. The van der Waals surface area contributed by atoms with Gasteiger partial charge in [-0.2, -0.15) is 18.3 Å². The molecule has 1 fully saturated rings. The van der Waals surface area contributed by atoms with Crippen LogP contribution in [0, 0.1) is 5.82 Å². The molecular formula is C21H22ClF4N5O5. The first-order valence-corrected chi connectivity index (χ1v) is 11.0. The van der Waals surface area contributed by atoms with Crippen molar-refractivity contribution in [2.45, 2.75) is 37.6 Å². The third-order valence-electron chi connectivity index (χ3n) is 5.42.